The van der Waals surface area contributed by atoms with Gasteiger partial charge >= 0.3 is 0 Å². The summed E-state index contributed by atoms with van der Waals surface area (Å²) in [5, 5.41) is 12.7. The quantitative estimate of drug-likeness (QED) is 0.761. The number of hydrogen-bond acceptors (Lipinski definition) is 3. The predicted molar refractivity (Wildman–Crippen MR) is 76.5 cm³/mol. The molecular weight excluding hydrogens is 284 g/mol. The van der Waals surface area contributed by atoms with Gasteiger partial charge < -0.3 is 10.4 Å². The van der Waals surface area contributed by atoms with Gasteiger partial charge in [0, 0.05) is 6.42 Å². The van der Waals surface area contributed by atoms with Gasteiger partial charge in [0.25, 0.3) is 0 Å². The largest absolute Gasteiger partial charge is 0.386 e. The van der Waals surface area contributed by atoms with Gasteiger partial charge in [-0.05, 0) is 43.0 Å². The van der Waals surface area contributed by atoms with Gasteiger partial charge in [0.15, 0.2) is 11.6 Å². The molecule has 0 spiro atoms. The van der Waals surface area contributed by atoms with E-state index in [1.54, 1.807) is 18.7 Å². The van der Waals surface area contributed by atoms with Crippen molar-refractivity contribution in [3.63, 3.8) is 0 Å². The first-order valence-electron chi connectivity index (χ1n) is 6.37. The number of aliphatic hydroxyl groups excluding tert-OH is 1. The molecule has 112 valence electrons. The summed E-state index contributed by atoms with van der Waals surface area (Å²) in [6.45, 7) is 1.62. The van der Waals surface area contributed by atoms with Gasteiger partial charge in [-0.2, -0.15) is 11.8 Å². The van der Waals surface area contributed by atoms with Crippen LogP contribution in [-0.4, -0.2) is 29.1 Å². The van der Waals surface area contributed by atoms with Crippen LogP contribution in [0.5, 0.6) is 0 Å². The number of amides is 1. The lowest BCUT2D eigenvalue weighted by Gasteiger charge is -2.20. The molecule has 0 heterocycles. The predicted octanol–water partition coefficient (Wildman–Crippen LogP) is 2.65. The molecule has 0 fully saturated rings. The van der Waals surface area contributed by atoms with Crippen molar-refractivity contribution in [1.29, 1.82) is 0 Å². The Morgan fingerprint density at radius 2 is 2.10 bits per heavy atom. The summed E-state index contributed by atoms with van der Waals surface area (Å²) in [7, 11) is 0. The van der Waals surface area contributed by atoms with Gasteiger partial charge in [-0.15, -0.1) is 0 Å². The van der Waals surface area contributed by atoms with Crippen molar-refractivity contribution in [3.05, 3.63) is 35.4 Å². The van der Waals surface area contributed by atoms with Crippen LogP contribution >= 0.6 is 11.8 Å². The number of benzene rings is 1. The zero-order chi connectivity index (χ0) is 15.1. The Hall–Kier alpha value is -1.14. The monoisotopic (exact) mass is 303 g/mol. The Labute approximate surface area is 121 Å². The van der Waals surface area contributed by atoms with E-state index in [2.05, 4.69) is 5.32 Å². The molecule has 2 atom stereocenters. The number of carbonyl (C=O) groups is 1. The molecule has 0 aliphatic carbocycles. The van der Waals surface area contributed by atoms with Gasteiger partial charge in [-0.3, -0.25) is 4.79 Å². The summed E-state index contributed by atoms with van der Waals surface area (Å²) in [6, 6.07) is 2.64. The lowest BCUT2D eigenvalue weighted by Crippen LogP contribution is -2.37. The number of rotatable bonds is 7. The SMILES string of the molecule is CSCCCC(=O)NC(C)C(O)c1ccc(F)c(F)c1. The Morgan fingerprint density at radius 3 is 2.70 bits per heavy atom. The number of carbonyl (C=O) groups excluding carboxylic acids is 1. The maximum absolute atomic E-state index is 13.1. The van der Waals surface area contributed by atoms with E-state index in [0.29, 0.717) is 6.42 Å². The molecule has 2 N–H and O–H groups in total. The van der Waals surface area contributed by atoms with Gasteiger partial charge in [0.2, 0.25) is 5.91 Å². The van der Waals surface area contributed by atoms with Crippen molar-refractivity contribution in [3.8, 4) is 0 Å². The van der Waals surface area contributed by atoms with Crippen molar-refractivity contribution in [2.45, 2.75) is 31.9 Å². The van der Waals surface area contributed by atoms with Crippen LogP contribution in [0.15, 0.2) is 18.2 Å². The number of nitrogens with one attached hydrogen (secondary N) is 1. The molecule has 1 aromatic rings. The summed E-state index contributed by atoms with van der Waals surface area (Å²) in [6.07, 6.45) is 2.04. The van der Waals surface area contributed by atoms with Crippen LogP contribution in [0, 0.1) is 11.6 Å². The van der Waals surface area contributed by atoms with E-state index in [4.69, 9.17) is 0 Å². The summed E-state index contributed by atoms with van der Waals surface area (Å²) in [4.78, 5) is 11.6. The summed E-state index contributed by atoms with van der Waals surface area (Å²) in [5.74, 6) is -1.24. The fourth-order valence-electron chi connectivity index (χ4n) is 1.77. The molecule has 1 amide bonds. The third-order valence-electron chi connectivity index (χ3n) is 2.90. The molecule has 20 heavy (non-hydrogen) atoms. The smallest absolute Gasteiger partial charge is 0.220 e. The van der Waals surface area contributed by atoms with E-state index in [-0.39, 0.29) is 11.5 Å². The molecule has 0 aliphatic rings. The highest BCUT2D eigenvalue weighted by Crippen LogP contribution is 2.19. The topological polar surface area (TPSA) is 49.3 Å². The van der Waals surface area contributed by atoms with Crippen LogP contribution < -0.4 is 5.32 Å². The highest BCUT2D eigenvalue weighted by atomic mass is 32.2. The van der Waals surface area contributed by atoms with E-state index in [1.165, 1.54) is 6.07 Å². The van der Waals surface area contributed by atoms with Crippen molar-refractivity contribution in [2.24, 2.45) is 0 Å². The molecule has 3 nitrogen and oxygen atoms in total. The second-order valence-corrected chi connectivity index (χ2v) is 5.56. The molecule has 1 rings (SSSR count). The Balaban J connectivity index is 2.55. The number of halogens is 2. The third-order valence-corrected chi connectivity index (χ3v) is 3.60. The van der Waals surface area contributed by atoms with Crippen LogP contribution in [0.25, 0.3) is 0 Å². The Kier molecular flexibility index (Phi) is 6.95. The Morgan fingerprint density at radius 1 is 1.40 bits per heavy atom. The zero-order valence-corrected chi connectivity index (χ0v) is 12.3. The van der Waals surface area contributed by atoms with Crippen molar-refractivity contribution in [1.82, 2.24) is 5.32 Å². The normalized spacial score (nSPS) is 13.8. The van der Waals surface area contributed by atoms with Crippen LogP contribution in [0.4, 0.5) is 8.78 Å². The van der Waals surface area contributed by atoms with Gasteiger partial charge in [0.05, 0.1) is 12.1 Å². The minimum Gasteiger partial charge on any atom is -0.386 e. The van der Waals surface area contributed by atoms with E-state index in [9.17, 15) is 18.7 Å². The standard InChI is InChI=1S/C14H19F2NO2S/c1-9(17-13(18)4-3-7-20-2)14(19)10-5-6-11(15)12(16)8-10/h5-6,8-9,14,19H,3-4,7H2,1-2H3,(H,17,18). The molecule has 0 radical (unpaired) electrons. The minimum atomic E-state index is -1.07. The summed E-state index contributed by atoms with van der Waals surface area (Å²) >= 11 is 1.66. The third kappa shape index (κ3) is 5.09. The fourth-order valence-corrected chi connectivity index (χ4v) is 2.20. The molecule has 0 bridgehead atoms. The van der Waals surface area contributed by atoms with Crippen LogP contribution in [0.1, 0.15) is 31.4 Å². The van der Waals surface area contributed by atoms with Crippen molar-refractivity contribution >= 4 is 17.7 Å². The lowest BCUT2D eigenvalue weighted by molar-refractivity contribution is -0.122. The van der Waals surface area contributed by atoms with E-state index < -0.39 is 23.8 Å². The highest BCUT2D eigenvalue weighted by molar-refractivity contribution is 7.98. The molecule has 2 unspecified atom stereocenters. The average Bonchev–Trinajstić information content (AvgIpc) is 2.41. The molecule has 0 saturated heterocycles. The maximum Gasteiger partial charge on any atom is 0.220 e. The van der Waals surface area contributed by atoms with Gasteiger partial charge in [-0.25, -0.2) is 8.78 Å². The first kappa shape index (κ1) is 16.9. The van der Waals surface area contributed by atoms with Crippen LogP contribution in [-0.2, 0) is 4.79 Å². The summed E-state index contributed by atoms with van der Waals surface area (Å²) < 4.78 is 25.9. The molecule has 0 saturated carbocycles. The number of thioether (sulfide) groups is 1. The molecule has 0 aliphatic heterocycles. The maximum atomic E-state index is 13.1. The molecule has 6 heteroatoms. The highest BCUT2D eigenvalue weighted by Gasteiger charge is 2.19. The molecule has 1 aromatic carbocycles. The minimum absolute atomic E-state index is 0.159. The van der Waals surface area contributed by atoms with Gasteiger partial charge in [-0.1, -0.05) is 6.07 Å². The fraction of sp³-hybridized carbons (Fsp3) is 0.500. The molecule has 0 aromatic heterocycles. The summed E-state index contributed by atoms with van der Waals surface area (Å²) in [5.41, 5.74) is 0.237. The van der Waals surface area contributed by atoms with E-state index >= 15 is 0 Å². The van der Waals surface area contributed by atoms with Crippen molar-refractivity contribution < 1.29 is 18.7 Å². The van der Waals surface area contributed by atoms with Gasteiger partial charge in [0.1, 0.15) is 0 Å². The first-order valence-corrected chi connectivity index (χ1v) is 7.76. The lowest BCUT2D eigenvalue weighted by atomic mass is 10.0. The van der Waals surface area contributed by atoms with E-state index in [0.717, 1.165) is 24.3 Å². The second kappa shape index (κ2) is 8.21. The van der Waals surface area contributed by atoms with E-state index in [1.807, 2.05) is 6.26 Å². The van der Waals surface area contributed by atoms with Crippen LogP contribution in [0.2, 0.25) is 0 Å². The first-order chi connectivity index (χ1) is 9.45. The zero-order valence-electron chi connectivity index (χ0n) is 11.5. The number of aliphatic hydroxyl groups is 1. The Bertz CT molecular complexity index is 457. The van der Waals surface area contributed by atoms with Crippen LogP contribution in [0.3, 0.4) is 0 Å². The average molecular weight is 303 g/mol. The second-order valence-electron chi connectivity index (χ2n) is 4.57. The number of hydrogen-bond donors (Lipinski definition) is 2. The van der Waals surface area contributed by atoms with Crippen molar-refractivity contribution in [2.75, 3.05) is 12.0 Å². The molecular formula is C14H19F2NO2S.